The lowest BCUT2D eigenvalue weighted by atomic mass is 10.0. The zero-order valence-corrected chi connectivity index (χ0v) is 23.4. The summed E-state index contributed by atoms with van der Waals surface area (Å²) in [5, 5.41) is 2.30. The number of carbonyl (C=O) groups excluding carboxylic acids is 4. The summed E-state index contributed by atoms with van der Waals surface area (Å²) < 4.78 is 20.5. The lowest BCUT2D eigenvalue weighted by molar-refractivity contribution is -0.152. The number of fused-ring (bicyclic) bond motifs is 1. The average molecular weight is 714 g/mol. The number of hydrogen-bond donors (Lipinski definition) is 1. The zero-order valence-electron chi connectivity index (χ0n) is 17.0. The van der Waals surface area contributed by atoms with E-state index in [1.54, 1.807) is 13.8 Å². The van der Waals surface area contributed by atoms with Gasteiger partial charge in [-0.25, -0.2) is 9.18 Å². The molecule has 0 unspecified atom stereocenters. The highest BCUT2D eigenvalue weighted by molar-refractivity contribution is 9.15. The molecule has 0 fully saturated rings. The number of halogens is 5. The molecule has 0 saturated heterocycles. The van der Waals surface area contributed by atoms with Crippen LogP contribution in [0, 0.1) is 11.7 Å². The fourth-order valence-electron chi connectivity index (χ4n) is 3.27. The number of amides is 3. The maximum absolute atomic E-state index is 13.7. The van der Waals surface area contributed by atoms with E-state index in [2.05, 4.69) is 69.0 Å². The molecule has 1 atom stereocenters. The van der Waals surface area contributed by atoms with E-state index in [0.717, 1.165) is 4.90 Å². The van der Waals surface area contributed by atoms with Gasteiger partial charge in [-0.2, -0.15) is 0 Å². The van der Waals surface area contributed by atoms with Crippen LogP contribution in [0.3, 0.4) is 0 Å². The summed E-state index contributed by atoms with van der Waals surface area (Å²) in [4.78, 5) is 52.2. The van der Waals surface area contributed by atoms with E-state index in [1.807, 2.05) is 0 Å². The van der Waals surface area contributed by atoms with Crippen LogP contribution >= 0.6 is 63.7 Å². The largest absolute Gasteiger partial charge is 0.454 e. The summed E-state index contributed by atoms with van der Waals surface area (Å²) in [6, 6.07) is 4.25. The topological polar surface area (TPSA) is 92.8 Å². The van der Waals surface area contributed by atoms with E-state index in [1.165, 1.54) is 24.3 Å². The van der Waals surface area contributed by atoms with Gasteiger partial charge in [0.2, 0.25) is 0 Å². The van der Waals surface area contributed by atoms with Gasteiger partial charge in [0.1, 0.15) is 11.9 Å². The summed E-state index contributed by atoms with van der Waals surface area (Å²) >= 11 is 13.4. The second kappa shape index (κ2) is 10.3. The number of imide groups is 1. The number of hydrogen-bond acceptors (Lipinski definition) is 5. The van der Waals surface area contributed by atoms with Gasteiger partial charge < -0.3 is 10.1 Å². The van der Waals surface area contributed by atoms with Gasteiger partial charge in [0.25, 0.3) is 17.7 Å². The number of ether oxygens (including phenoxy) is 1. The van der Waals surface area contributed by atoms with Crippen LogP contribution in [0.2, 0.25) is 0 Å². The van der Waals surface area contributed by atoms with Crippen LogP contribution in [0.1, 0.15) is 34.6 Å². The molecular weight excluding hydrogens is 699 g/mol. The lowest BCUT2D eigenvalue weighted by Gasteiger charge is -2.27. The van der Waals surface area contributed by atoms with Gasteiger partial charge in [-0.05, 0) is 81.8 Å². The minimum absolute atomic E-state index is 0.0647. The Hall–Kier alpha value is -1.63. The van der Waals surface area contributed by atoms with E-state index in [4.69, 9.17) is 4.74 Å². The van der Waals surface area contributed by atoms with Crippen LogP contribution in [0.5, 0.6) is 0 Å². The van der Waals surface area contributed by atoms with Crippen molar-refractivity contribution in [1.82, 2.24) is 4.90 Å². The summed E-state index contributed by atoms with van der Waals surface area (Å²) in [6.07, 6.45) is 0. The van der Waals surface area contributed by atoms with Crippen molar-refractivity contribution in [2.75, 3.05) is 11.9 Å². The molecule has 0 aliphatic carbocycles. The highest BCUT2D eigenvalue weighted by Crippen LogP contribution is 2.46. The van der Waals surface area contributed by atoms with Gasteiger partial charge in [-0.15, -0.1) is 0 Å². The van der Waals surface area contributed by atoms with Crippen LogP contribution in [0.4, 0.5) is 10.1 Å². The van der Waals surface area contributed by atoms with Crippen molar-refractivity contribution >= 4 is 93.1 Å². The number of esters is 1. The Labute approximate surface area is 221 Å². The Balaban J connectivity index is 1.82. The van der Waals surface area contributed by atoms with Gasteiger partial charge >= 0.3 is 5.97 Å². The van der Waals surface area contributed by atoms with E-state index in [-0.39, 0.29) is 16.8 Å². The normalized spacial score (nSPS) is 13.9. The maximum atomic E-state index is 13.7. The molecule has 3 amide bonds. The SMILES string of the molecule is CC(C)[C@H](C(=O)OCC(=O)Nc1ccccc1F)N1C(=O)c2c(Br)c(Br)c(Br)c(Br)c2C1=O. The Morgan fingerprint density at radius 2 is 1.48 bits per heavy atom. The first-order chi connectivity index (χ1) is 15.5. The Bertz CT molecular complexity index is 1140. The molecule has 3 rings (SSSR count). The van der Waals surface area contributed by atoms with Crippen LogP contribution in [-0.2, 0) is 14.3 Å². The van der Waals surface area contributed by atoms with Crippen molar-refractivity contribution in [3.63, 3.8) is 0 Å². The Morgan fingerprint density at radius 3 is 1.97 bits per heavy atom. The first-order valence-corrected chi connectivity index (χ1v) is 12.6. The van der Waals surface area contributed by atoms with Crippen LogP contribution in [-0.4, -0.2) is 41.2 Å². The number of nitrogens with zero attached hydrogens (tertiary/aromatic N) is 1. The monoisotopic (exact) mass is 710 g/mol. The quantitative estimate of drug-likeness (QED) is 0.180. The second-order valence-electron chi connectivity index (χ2n) is 7.31. The first kappa shape index (κ1) is 26.0. The number of anilines is 1. The standard InChI is InChI=1S/C21H15Br4FN2O5/c1-8(2)18(21(32)33-7-11(29)27-10-6-4-3-5-9(10)26)28-19(30)12-13(20(28)31)15(23)17(25)16(24)14(12)22/h3-6,8,18H,7H2,1-2H3,(H,27,29)/t18-/m1/s1. The number of benzene rings is 2. The van der Waals surface area contributed by atoms with Crippen LogP contribution in [0.15, 0.2) is 42.2 Å². The fraction of sp³-hybridized carbons (Fsp3) is 0.238. The van der Waals surface area contributed by atoms with Crippen molar-refractivity contribution in [2.24, 2.45) is 5.92 Å². The molecule has 7 nitrogen and oxygen atoms in total. The predicted octanol–water partition coefficient (Wildman–Crippen LogP) is 5.68. The fourth-order valence-corrected chi connectivity index (χ4v) is 5.72. The molecule has 2 aromatic rings. The molecule has 1 heterocycles. The molecule has 1 aliphatic heterocycles. The van der Waals surface area contributed by atoms with Crippen molar-refractivity contribution in [1.29, 1.82) is 0 Å². The van der Waals surface area contributed by atoms with Gasteiger partial charge in [0.15, 0.2) is 6.61 Å². The predicted molar refractivity (Wildman–Crippen MR) is 132 cm³/mol. The minimum atomic E-state index is -1.28. The molecule has 1 aliphatic rings. The van der Waals surface area contributed by atoms with Crippen molar-refractivity contribution in [3.05, 3.63) is 59.1 Å². The summed E-state index contributed by atoms with van der Waals surface area (Å²) in [5.41, 5.74) is 0.126. The molecule has 1 N–H and O–H groups in total. The molecule has 0 spiro atoms. The number of carbonyl (C=O) groups is 4. The van der Waals surface area contributed by atoms with Crippen molar-refractivity contribution < 1.29 is 28.3 Å². The van der Waals surface area contributed by atoms with Crippen LogP contribution < -0.4 is 5.32 Å². The van der Waals surface area contributed by atoms with Gasteiger partial charge in [-0.1, -0.05) is 26.0 Å². The van der Waals surface area contributed by atoms with Crippen LogP contribution in [0.25, 0.3) is 0 Å². The summed E-state index contributed by atoms with van der Waals surface area (Å²) in [5.74, 6) is -4.22. The molecule has 2 aromatic carbocycles. The zero-order chi connectivity index (χ0) is 24.6. The van der Waals surface area contributed by atoms with E-state index >= 15 is 0 Å². The molecule has 12 heteroatoms. The summed E-state index contributed by atoms with van der Waals surface area (Å²) in [7, 11) is 0. The number of para-hydroxylation sites is 1. The highest BCUT2D eigenvalue weighted by atomic mass is 79.9. The molecular formula is C21H15Br4FN2O5. The Kier molecular flexibility index (Phi) is 8.13. The molecule has 174 valence electrons. The number of nitrogens with one attached hydrogen (secondary N) is 1. The molecule has 0 saturated carbocycles. The van der Waals surface area contributed by atoms with Gasteiger partial charge in [-0.3, -0.25) is 19.3 Å². The van der Waals surface area contributed by atoms with E-state index in [9.17, 15) is 23.6 Å². The van der Waals surface area contributed by atoms with Crippen molar-refractivity contribution in [3.8, 4) is 0 Å². The lowest BCUT2D eigenvalue weighted by Crippen LogP contribution is -2.49. The van der Waals surface area contributed by atoms with E-state index in [0.29, 0.717) is 17.9 Å². The molecule has 0 aromatic heterocycles. The smallest absolute Gasteiger partial charge is 0.330 e. The summed E-state index contributed by atoms with van der Waals surface area (Å²) in [6.45, 7) is 2.57. The second-order valence-corrected chi connectivity index (χ2v) is 10.5. The third kappa shape index (κ3) is 4.94. The average Bonchev–Trinajstić information content (AvgIpc) is 3.01. The third-order valence-electron chi connectivity index (χ3n) is 4.78. The third-order valence-corrected chi connectivity index (χ3v) is 9.55. The van der Waals surface area contributed by atoms with Gasteiger partial charge in [0.05, 0.1) is 16.8 Å². The van der Waals surface area contributed by atoms with Crippen molar-refractivity contribution in [2.45, 2.75) is 19.9 Å². The molecule has 0 radical (unpaired) electrons. The highest BCUT2D eigenvalue weighted by Gasteiger charge is 2.47. The Morgan fingerprint density at radius 1 is 0.970 bits per heavy atom. The first-order valence-electron chi connectivity index (χ1n) is 9.42. The van der Waals surface area contributed by atoms with Gasteiger partial charge in [0, 0.05) is 17.9 Å². The molecule has 0 bridgehead atoms. The van der Waals surface area contributed by atoms with E-state index < -0.39 is 48.1 Å². The maximum Gasteiger partial charge on any atom is 0.330 e. The minimum Gasteiger partial charge on any atom is -0.454 e. The number of rotatable bonds is 6. The molecule has 33 heavy (non-hydrogen) atoms.